The van der Waals surface area contributed by atoms with E-state index in [0.29, 0.717) is 55.1 Å². The molecule has 0 saturated heterocycles. The van der Waals surface area contributed by atoms with Gasteiger partial charge in [-0.25, -0.2) is 4.98 Å². The van der Waals surface area contributed by atoms with Gasteiger partial charge in [-0.15, -0.1) is 21.5 Å². The summed E-state index contributed by atoms with van der Waals surface area (Å²) in [4.78, 5) is 32.0. The van der Waals surface area contributed by atoms with Crippen LogP contribution in [0.1, 0.15) is 38.2 Å². The smallest absolute Gasteiger partial charge is 0.236 e. The van der Waals surface area contributed by atoms with Crippen molar-refractivity contribution in [2.24, 2.45) is 11.1 Å². The van der Waals surface area contributed by atoms with Crippen LogP contribution in [0.15, 0.2) is 50.7 Å². The molecule has 15 heteroatoms. The monoisotopic (exact) mass is 639 g/mol. The number of anilines is 2. The summed E-state index contributed by atoms with van der Waals surface area (Å²) in [7, 11) is 4.54. The molecular formula is C28H29N7O5S3. The van der Waals surface area contributed by atoms with Crippen molar-refractivity contribution in [2.45, 2.75) is 36.9 Å². The van der Waals surface area contributed by atoms with Crippen LogP contribution in [0.2, 0.25) is 0 Å². The predicted molar refractivity (Wildman–Crippen MR) is 165 cm³/mol. The Morgan fingerprint density at radius 1 is 1.19 bits per heavy atom. The molecule has 2 aromatic heterocycles. The molecule has 3 heterocycles. The summed E-state index contributed by atoms with van der Waals surface area (Å²) in [6.07, 6.45) is 2.40. The van der Waals surface area contributed by atoms with E-state index in [4.69, 9.17) is 19.9 Å². The highest BCUT2D eigenvalue weighted by Gasteiger charge is 2.46. The first-order valence-electron chi connectivity index (χ1n) is 13.0. The zero-order valence-corrected chi connectivity index (χ0v) is 26.5. The minimum absolute atomic E-state index is 0.101. The van der Waals surface area contributed by atoms with Crippen LogP contribution in [-0.4, -0.2) is 54.0 Å². The minimum Gasteiger partial charge on any atom is -0.496 e. The molecule has 1 aliphatic heterocycles. The molecule has 0 fully saturated rings. The quantitative estimate of drug-likeness (QED) is 0.311. The van der Waals surface area contributed by atoms with E-state index in [1.165, 1.54) is 55.8 Å². The number of nitriles is 1. The van der Waals surface area contributed by atoms with Gasteiger partial charge < -0.3 is 25.3 Å². The van der Waals surface area contributed by atoms with E-state index in [2.05, 4.69) is 26.6 Å². The van der Waals surface area contributed by atoms with E-state index in [1.54, 1.807) is 28.6 Å². The number of nitrogens with two attached hydrogens (primary N) is 1. The summed E-state index contributed by atoms with van der Waals surface area (Å²) < 4.78 is 17.2. The van der Waals surface area contributed by atoms with Crippen LogP contribution in [0.4, 0.5) is 10.3 Å². The maximum absolute atomic E-state index is 13.9. The van der Waals surface area contributed by atoms with Crippen LogP contribution < -0.4 is 30.2 Å². The maximum atomic E-state index is 13.9. The largest absolute Gasteiger partial charge is 0.496 e. The molecule has 12 nitrogen and oxygen atoms in total. The van der Waals surface area contributed by atoms with Gasteiger partial charge in [0.15, 0.2) is 26.8 Å². The first-order valence-corrected chi connectivity index (χ1v) is 15.7. The van der Waals surface area contributed by atoms with Gasteiger partial charge in [0.1, 0.15) is 11.6 Å². The Morgan fingerprint density at radius 2 is 1.91 bits per heavy atom. The SMILES string of the molecule is COc1cc(OC)c(C2C(C#N)=C(N)N(c3nnc(SCC(=O)Nc4nccs4)s3)C3=C2C(=O)CC(C)(C)C3)cc1OC. The van der Waals surface area contributed by atoms with Gasteiger partial charge in [0.25, 0.3) is 0 Å². The highest BCUT2D eigenvalue weighted by molar-refractivity contribution is 8.01. The van der Waals surface area contributed by atoms with E-state index in [1.807, 2.05) is 13.8 Å². The topological polar surface area (TPSA) is 166 Å². The number of thioether (sulfide) groups is 1. The lowest BCUT2D eigenvalue weighted by atomic mass is 9.68. The van der Waals surface area contributed by atoms with Gasteiger partial charge in [0.05, 0.1) is 44.6 Å². The zero-order chi connectivity index (χ0) is 30.9. The number of methoxy groups -OCH3 is 3. The molecule has 3 aromatic rings. The number of benzene rings is 1. The molecule has 224 valence electrons. The normalized spacial score (nSPS) is 17.8. The maximum Gasteiger partial charge on any atom is 0.236 e. The van der Waals surface area contributed by atoms with Crippen molar-refractivity contribution in [2.75, 3.05) is 37.3 Å². The fourth-order valence-corrected chi connectivity index (χ4v) is 7.46. The van der Waals surface area contributed by atoms with Crippen LogP contribution in [0.3, 0.4) is 0 Å². The molecule has 5 rings (SSSR count). The number of hydrogen-bond donors (Lipinski definition) is 2. The highest BCUT2D eigenvalue weighted by Crippen LogP contribution is 2.53. The Hall–Kier alpha value is -4.13. The van der Waals surface area contributed by atoms with Crippen LogP contribution in [0.25, 0.3) is 0 Å². The molecule has 0 radical (unpaired) electrons. The lowest BCUT2D eigenvalue weighted by molar-refractivity contribution is -0.118. The first kappa shape index (κ1) is 30.3. The van der Waals surface area contributed by atoms with E-state index in [0.717, 1.165) is 0 Å². The minimum atomic E-state index is -0.800. The number of ether oxygens (including phenoxy) is 3. The molecule has 1 amide bonds. The molecule has 3 N–H and O–H groups in total. The lowest BCUT2D eigenvalue weighted by Crippen LogP contribution is -2.42. The van der Waals surface area contributed by atoms with E-state index < -0.39 is 5.92 Å². The summed E-state index contributed by atoms with van der Waals surface area (Å²) in [5.74, 6) is 0.408. The third kappa shape index (κ3) is 5.90. The first-order chi connectivity index (χ1) is 20.6. The Labute approximate surface area is 260 Å². The molecule has 0 bridgehead atoms. The van der Waals surface area contributed by atoms with Crippen molar-refractivity contribution in [3.8, 4) is 23.3 Å². The van der Waals surface area contributed by atoms with E-state index >= 15 is 0 Å². The van der Waals surface area contributed by atoms with Gasteiger partial charge in [0, 0.05) is 40.9 Å². The van der Waals surface area contributed by atoms with E-state index in [9.17, 15) is 14.9 Å². The molecule has 1 unspecified atom stereocenters. The highest BCUT2D eigenvalue weighted by atomic mass is 32.2. The van der Waals surface area contributed by atoms with Gasteiger partial charge in [-0.2, -0.15) is 5.26 Å². The fraction of sp³-hybridized carbons (Fsp3) is 0.357. The van der Waals surface area contributed by atoms with Crippen molar-refractivity contribution >= 4 is 56.4 Å². The average molecular weight is 640 g/mol. The molecular weight excluding hydrogens is 611 g/mol. The number of carbonyl (C=O) groups excluding carboxylic acids is 2. The summed E-state index contributed by atoms with van der Waals surface area (Å²) in [5, 5.41) is 24.5. The summed E-state index contributed by atoms with van der Waals surface area (Å²) in [6.45, 7) is 4.03. The standard InChI is InChI=1S/C28H29N7O5S3/c1-28(2)10-16-23(17(36)11-28)22(14-8-19(39-4)20(40-5)9-18(14)38-3)15(12-29)24(30)35(16)26-33-34-27(43-26)42-13-21(37)32-25-31-6-7-41-25/h6-9,22H,10-11,13,30H2,1-5H3,(H,31,32,37). The molecule has 1 aromatic carbocycles. The molecule has 0 saturated carbocycles. The fourth-order valence-electron chi connectivity index (χ4n) is 5.24. The Kier molecular flexibility index (Phi) is 8.63. The second-order valence-corrected chi connectivity index (χ2v) is 13.5. The molecule has 2 aliphatic rings. The van der Waals surface area contributed by atoms with Crippen LogP contribution in [0.5, 0.6) is 17.2 Å². The Balaban J connectivity index is 1.57. The van der Waals surface area contributed by atoms with Gasteiger partial charge in [0.2, 0.25) is 11.0 Å². The second kappa shape index (κ2) is 12.2. The number of hydrogen-bond acceptors (Lipinski definition) is 14. The molecule has 1 atom stereocenters. The van der Waals surface area contributed by atoms with Crippen molar-refractivity contribution in [1.29, 1.82) is 5.26 Å². The summed E-state index contributed by atoms with van der Waals surface area (Å²) in [6, 6.07) is 5.64. The number of nitrogens with zero attached hydrogens (tertiary/aromatic N) is 5. The number of aromatic nitrogens is 3. The summed E-state index contributed by atoms with van der Waals surface area (Å²) in [5.41, 5.74) is 8.21. The molecule has 1 aliphatic carbocycles. The third-order valence-electron chi connectivity index (χ3n) is 7.02. The number of nitrogens with one attached hydrogen (secondary N) is 1. The third-order valence-corrected chi connectivity index (χ3v) is 9.75. The number of amides is 1. The van der Waals surface area contributed by atoms with Crippen molar-refractivity contribution in [1.82, 2.24) is 15.2 Å². The number of Topliss-reactive ketones (excluding diaryl/α,β-unsaturated/α-hetero) is 1. The number of thiazole rings is 1. The van der Waals surface area contributed by atoms with Crippen LogP contribution in [-0.2, 0) is 9.59 Å². The van der Waals surface area contributed by atoms with Crippen LogP contribution >= 0.6 is 34.4 Å². The lowest BCUT2D eigenvalue weighted by Gasteiger charge is -2.42. The van der Waals surface area contributed by atoms with Gasteiger partial charge >= 0.3 is 0 Å². The number of allylic oxidation sites excluding steroid dienone is 3. The second-order valence-electron chi connectivity index (χ2n) is 10.5. The van der Waals surface area contributed by atoms with Crippen molar-refractivity contribution in [3.05, 3.63) is 51.9 Å². The number of carbonyl (C=O) groups is 2. The number of ketones is 1. The van der Waals surface area contributed by atoms with Crippen molar-refractivity contribution < 1.29 is 23.8 Å². The summed E-state index contributed by atoms with van der Waals surface area (Å²) >= 11 is 3.77. The van der Waals surface area contributed by atoms with Crippen molar-refractivity contribution in [3.63, 3.8) is 0 Å². The average Bonchev–Trinajstić information content (AvgIpc) is 3.66. The predicted octanol–water partition coefficient (Wildman–Crippen LogP) is 4.69. The van der Waals surface area contributed by atoms with Gasteiger partial charge in [-0.05, 0) is 17.9 Å². The number of rotatable bonds is 9. The van der Waals surface area contributed by atoms with Crippen LogP contribution in [0, 0.1) is 16.7 Å². The Bertz CT molecular complexity index is 1670. The molecule has 0 spiro atoms. The van der Waals surface area contributed by atoms with Gasteiger partial charge in [-0.1, -0.05) is 36.9 Å². The Morgan fingerprint density at radius 3 is 2.56 bits per heavy atom. The van der Waals surface area contributed by atoms with E-state index in [-0.39, 0.29) is 40.7 Å². The zero-order valence-electron chi connectivity index (χ0n) is 24.1. The van der Waals surface area contributed by atoms with Gasteiger partial charge in [-0.3, -0.25) is 14.5 Å². The molecule has 43 heavy (non-hydrogen) atoms.